The summed E-state index contributed by atoms with van der Waals surface area (Å²) in [7, 11) is -3.11. The number of nitrogens with one attached hydrogen (secondary N) is 1. The summed E-state index contributed by atoms with van der Waals surface area (Å²) < 4.78 is 23.6. The number of anilines is 1. The van der Waals surface area contributed by atoms with Gasteiger partial charge in [0.2, 0.25) is 0 Å². The molecule has 1 unspecified atom stereocenters. The van der Waals surface area contributed by atoms with Crippen LogP contribution in [-0.2, 0) is 9.84 Å². The predicted molar refractivity (Wildman–Crippen MR) is 77.2 cm³/mol. The lowest BCUT2D eigenvalue weighted by Gasteiger charge is -2.11. The van der Waals surface area contributed by atoms with Gasteiger partial charge in [-0.05, 0) is 36.6 Å². The van der Waals surface area contributed by atoms with E-state index in [1.165, 1.54) is 0 Å². The summed E-state index contributed by atoms with van der Waals surface area (Å²) in [5, 5.41) is 3.23. The summed E-state index contributed by atoms with van der Waals surface area (Å²) in [6.07, 6.45) is 0.634. The molecule has 0 amide bonds. The standard InChI is InChI=1S/C13H20ClNO2S/c1-3-8-18(16,17)13-6-4-12(5-7-13)15-10-11(2)9-14/h4-7,11,15H,3,8-10H2,1-2H3. The first-order chi connectivity index (χ1) is 8.49. The maximum absolute atomic E-state index is 11.8. The van der Waals surface area contributed by atoms with Crippen LogP contribution >= 0.6 is 11.6 Å². The summed E-state index contributed by atoms with van der Waals surface area (Å²) in [5.41, 5.74) is 0.919. The monoisotopic (exact) mass is 289 g/mol. The molecule has 0 heterocycles. The van der Waals surface area contributed by atoms with E-state index < -0.39 is 9.84 Å². The van der Waals surface area contributed by atoms with E-state index >= 15 is 0 Å². The summed E-state index contributed by atoms with van der Waals surface area (Å²) >= 11 is 5.72. The smallest absolute Gasteiger partial charge is 0.178 e. The van der Waals surface area contributed by atoms with Crippen LogP contribution in [0, 0.1) is 5.92 Å². The molecule has 0 aliphatic carbocycles. The van der Waals surface area contributed by atoms with Gasteiger partial charge in [0, 0.05) is 18.1 Å². The van der Waals surface area contributed by atoms with Crippen molar-refractivity contribution in [2.75, 3.05) is 23.5 Å². The van der Waals surface area contributed by atoms with E-state index in [0.717, 1.165) is 12.2 Å². The fourth-order valence-electron chi connectivity index (χ4n) is 1.51. The summed E-state index contributed by atoms with van der Waals surface area (Å²) in [6.45, 7) is 4.70. The van der Waals surface area contributed by atoms with Crippen LogP contribution in [0.15, 0.2) is 29.2 Å². The first kappa shape index (κ1) is 15.3. The Bertz CT molecular complexity index is 456. The van der Waals surface area contributed by atoms with Crippen molar-refractivity contribution in [3.05, 3.63) is 24.3 Å². The second-order valence-corrected chi connectivity index (χ2v) is 6.90. The third kappa shape index (κ3) is 4.50. The van der Waals surface area contributed by atoms with Crippen LogP contribution in [0.1, 0.15) is 20.3 Å². The van der Waals surface area contributed by atoms with Gasteiger partial charge in [0.05, 0.1) is 10.6 Å². The molecular weight excluding hydrogens is 270 g/mol. The van der Waals surface area contributed by atoms with Crippen molar-refractivity contribution in [3.63, 3.8) is 0 Å². The van der Waals surface area contributed by atoms with Crippen molar-refractivity contribution in [2.24, 2.45) is 5.92 Å². The van der Waals surface area contributed by atoms with Gasteiger partial charge in [-0.25, -0.2) is 8.42 Å². The zero-order chi connectivity index (χ0) is 13.6. The minimum atomic E-state index is -3.11. The third-order valence-corrected chi connectivity index (χ3v) is 5.07. The number of alkyl halides is 1. The number of halogens is 1. The average molecular weight is 290 g/mol. The van der Waals surface area contributed by atoms with Gasteiger partial charge in [0.1, 0.15) is 0 Å². The molecule has 18 heavy (non-hydrogen) atoms. The van der Waals surface area contributed by atoms with Gasteiger partial charge in [-0.3, -0.25) is 0 Å². The van der Waals surface area contributed by atoms with E-state index in [-0.39, 0.29) is 5.75 Å². The maximum atomic E-state index is 11.8. The second kappa shape index (κ2) is 7.00. The zero-order valence-corrected chi connectivity index (χ0v) is 12.4. The van der Waals surface area contributed by atoms with Crippen LogP contribution < -0.4 is 5.32 Å². The molecular formula is C13H20ClNO2S. The lowest BCUT2D eigenvalue weighted by atomic mass is 10.2. The molecule has 3 nitrogen and oxygen atoms in total. The molecule has 0 radical (unpaired) electrons. The SMILES string of the molecule is CCCS(=O)(=O)c1ccc(NCC(C)CCl)cc1. The Morgan fingerprint density at radius 2 is 1.89 bits per heavy atom. The van der Waals surface area contributed by atoms with Crippen molar-refractivity contribution in [2.45, 2.75) is 25.2 Å². The Labute approximate surface area is 114 Å². The lowest BCUT2D eigenvalue weighted by Crippen LogP contribution is -2.12. The van der Waals surface area contributed by atoms with E-state index in [9.17, 15) is 8.42 Å². The minimum absolute atomic E-state index is 0.197. The molecule has 0 fully saturated rings. The summed E-state index contributed by atoms with van der Waals surface area (Å²) in [4.78, 5) is 0.389. The van der Waals surface area contributed by atoms with E-state index in [4.69, 9.17) is 11.6 Å². The Hall–Kier alpha value is -0.740. The minimum Gasteiger partial charge on any atom is -0.385 e. The molecule has 0 aliphatic rings. The van der Waals surface area contributed by atoms with E-state index in [1.807, 2.05) is 6.92 Å². The molecule has 102 valence electrons. The van der Waals surface area contributed by atoms with Gasteiger partial charge in [-0.2, -0.15) is 0 Å². The van der Waals surface area contributed by atoms with Crippen molar-refractivity contribution >= 4 is 27.1 Å². The average Bonchev–Trinajstić information content (AvgIpc) is 2.36. The topological polar surface area (TPSA) is 46.2 Å². The summed E-state index contributed by atoms with van der Waals surface area (Å²) in [6, 6.07) is 6.89. The van der Waals surface area contributed by atoms with Crippen molar-refractivity contribution in [1.29, 1.82) is 0 Å². The van der Waals surface area contributed by atoms with E-state index in [1.54, 1.807) is 24.3 Å². The molecule has 1 rings (SSSR count). The highest BCUT2D eigenvalue weighted by Gasteiger charge is 2.12. The molecule has 0 aliphatic heterocycles. The van der Waals surface area contributed by atoms with Gasteiger partial charge < -0.3 is 5.32 Å². The highest BCUT2D eigenvalue weighted by molar-refractivity contribution is 7.91. The third-order valence-electron chi connectivity index (χ3n) is 2.60. The molecule has 1 atom stereocenters. The van der Waals surface area contributed by atoms with Crippen LogP contribution in [0.3, 0.4) is 0 Å². The highest BCUT2D eigenvalue weighted by atomic mass is 35.5. The lowest BCUT2D eigenvalue weighted by molar-refractivity contribution is 0.594. The number of rotatable bonds is 7. The Morgan fingerprint density at radius 1 is 1.28 bits per heavy atom. The van der Waals surface area contributed by atoms with Crippen LogP contribution in [0.5, 0.6) is 0 Å². The molecule has 1 N–H and O–H groups in total. The Balaban J connectivity index is 2.68. The fourth-order valence-corrected chi connectivity index (χ4v) is 2.95. The zero-order valence-electron chi connectivity index (χ0n) is 10.8. The Morgan fingerprint density at radius 3 is 2.39 bits per heavy atom. The van der Waals surface area contributed by atoms with Crippen molar-refractivity contribution in [1.82, 2.24) is 0 Å². The molecule has 1 aromatic rings. The number of hydrogen-bond donors (Lipinski definition) is 1. The second-order valence-electron chi connectivity index (χ2n) is 4.48. The number of benzene rings is 1. The molecule has 0 spiro atoms. The van der Waals surface area contributed by atoms with Gasteiger partial charge in [0.25, 0.3) is 0 Å². The number of hydrogen-bond acceptors (Lipinski definition) is 3. The van der Waals surface area contributed by atoms with Gasteiger partial charge in [-0.15, -0.1) is 11.6 Å². The van der Waals surface area contributed by atoms with Crippen LogP contribution in [0.4, 0.5) is 5.69 Å². The van der Waals surface area contributed by atoms with Crippen molar-refractivity contribution < 1.29 is 8.42 Å². The van der Waals surface area contributed by atoms with E-state index in [0.29, 0.717) is 23.1 Å². The first-order valence-corrected chi connectivity index (χ1v) is 8.31. The van der Waals surface area contributed by atoms with E-state index in [2.05, 4.69) is 12.2 Å². The largest absolute Gasteiger partial charge is 0.385 e. The van der Waals surface area contributed by atoms with Crippen LogP contribution in [-0.4, -0.2) is 26.6 Å². The predicted octanol–water partition coefficient (Wildman–Crippen LogP) is 3.16. The van der Waals surface area contributed by atoms with Gasteiger partial charge >= 0.3 is 0 Å². The van der Waals surface area contributed by atoms with Gasteiger partial charge in [0.15, 0.2) is 9.84 Å². The Kier molecular flexibility index (Phi) is 5.96. The highest BCUT2D eigenvalue weighted by Crippen LogP contribution is 2.16. The summed E-state index contributed by atoms with van der Waals surface area (Å²) in [5.74, 6) is 1.19. The molecule has 0 bridgehead atoms. The van der Waals surface area contributed by atoms with Gasteiger partial charge in [-0.1, -0.05) is 13.8 Å². The molecule has 0 saturated carbocycles. The maximum Gasteiger partial charge on any atom is 0.178 e. The fraction of sp³-hybridized carbons (Fsp3) is 0.538. The van der Waals surface area contributed by atoms with Crippen LogP contribution in [0.25, 0.3) is 0 Å². The number of sulfone groups is 1. The molecule has 1 aromatic carbocycles. The molecule has 5 heteroatoms. The molecule has 0 aromatic heterocycles. The quantitative estimate of drug-likeness (QED) is 0.784. The first-order valence-electron chi connectivity index (χ1n) is 6.12. The normalized spacial score (nSPS) is 13.3. The van der Waals surface area contributed by atoms with Crippen LogP contribution in [0.2, 0.25) is 0 Å². The van der Waals surface area contributed by atoms with Crippen molar-refractivity contribution in [3.8, 4) is 0 Å². The molecule has 0 saturated heterocycles.